The number of para-hydroxylation sites is 2. The predicted molar refractivity (Wildman–Crippen MR) is 219 cm³/mol. The Balaban J connectivity index is 1.59. The molecule has 0 bridgehead atoms. The van der Waals surface area contributed by atoms with Gasteiger partial charge in [-0.25, -0.2) is 0 Å². The standard InChI is InChI=1S/C48H56N2/c1-5-7-9-11-13-15-27-39-40(28-16-14-12-10-8-6-2)46-42-30-18-20-32-44(42)50(38-26-22-24-36(4)34-38)48(46)47-45(39)41-29-17-19-31-43(41)49(47)37-25-21-23-35(3)33-37/h17-26,29-34H,5-16,27-28H2,1-4H3. The van der Waals surface area contributed by atoms with E-state index in [4.69, 9.17) is 0 Å². The van der Waals surface area contributed by atoms with Crippen molar-refractivity contribution in [2.75, 3.05) is 0 Å². The second-order valence-electron chi connectivity index (χ2n) is 14.8. The van der Waals surface area contributed by atoms with Crippen molar-refractivity contribution in [3.05, 3.63) is 119 Å². The fourth-order valence-corrected chi connectivity index (χ4v) is 8.63. The zero-order valence-corrected chi connectivity index (χ0v) is 31.0. The van der Waals surface area contributed by atoms with E-state index in [-0.39, 0.29) is 0 Å². The van der Waals surface area contributed by atoms with E-state index in [0.29, 0.717) is 0 Å². The van der Waals surface area contributed by atoms with Crippen LogP contribution < -0.4 is 0 Å². The summed E-state index contributed by atoms with van der Waals surface area (Å²) in [7, 11) is 0. The molecule has 7 aromatic rings. The van der Waals surface area contributed by atoms with Gasteiger partial charge < -0.3 is 9.13 Å². The molecule has 0 aliphatic rings. The number of unbranched alkanes of at least 4 members (excludes halogenated alkanes) is 10. The van der Waals surface area contributed by atoms with Crippen LogP contribution in [0, 0.1) is 13.8 Å². The molecule has 5 aromatic carbocycles. The number of nitrogens with zero attached hydrogens (tertiary/aromatic N) is 2. The van der Waals surface area contributed by atoms with Gasteiger partial charge in [0.1, 0.15) is 0 Å². The SMILES string of the molecule is CCCCCCCCc1c(CCCCCCCC)c2c3ccccc3n(-c3cccc(C)c3)c2c2c1c1ccccc1n2-c1cccc(C)c1. The van der Waals surface area contributed by atoms with Crippen LogP contribution >= 0.6 is 0 Å². The molecule has 0 N–H and O–H groups in total. The summed E-state index contributed by atoms with van der Waals surface area (Å²) in [5.74, 6) is 0. The largest absolute Gasteiger partial charge is 0.307 e. The van der Waals surface area contributed by atoms with Crippen molar-refractivity contribution in [1.29, 1.82) is 0 Å². The van der Waals surface area contributed by atoms with E-state index in [9.17, 15) is 0 Å². The molecule has 2 nitrogen and oxygen atoms in total. The Morgan fingerprint density at radius 1 is 0.420 bits per heavy atom. The molecule has 2 heteroatoms. The summed E-state index contributed by atoms with van der Waals surface area (Å²) in [5.41, 5.74) is 13.6. The topological polar surface area (TPSA) is 9.86 Å². The van der Waals surface area contributed by atoms with Gasteiger partial charge in [0.25, 0.3) is 0 Å². The second-order valence-corrected chi connectivity index (χ2v) is 14.8. The Hall–Kier alpha value is -4.30. The van der Waals surface area contributed by atoms with Crippen LogP contribution in [-0.2, 0) is 12.8 Å². The molecule has 2 heterocycles. The van der Waals surface area contributed by atoms with Crippen molar-refractivity contribution in [2.45, 2.75) is 118 Å². The third-order valence-corrected chi connectivity index (χ3v) is 11.0. The first kappa shape index (κ1) is 34.2. The molecule has 50 heavy (non-hydrogen) atoms. The minimum Gasteiger partial charge on any atom is -0.307 e. The molecule has 0 aliphatic heterocycles. The monoisotopic (exact) mass is 660 g/mol. The second kappa shape index (κ2) is 15.7. The van der Waals surface area contributed by atoms with Gasteiger partial charge in [0.2, 0.25) is 0 Å². The third kappa shape index (κ3) is 6.62. The number of fused-ring (bicyclic) bond motifs is 7. The highest BCUT2D eigenvalue weighted by atomic mass is 15.0. The zero-order chi connectivity index (χ0) is 34.5. The highest BCUT2D eigenvalue weighted by Crippen LogP contribution is 2.46. The molecule has 0 spiro atoms. The number of hydrogen-bond donors (Lipinski definition) is 0. The number of rotatable bonds is 16. The lowest BCUT2D eigenvalue weighted by Crippen LogP contribution is -2.03. The number of hydrogen-bond acceptors (Lipinski definition) is 0. The van der Waals surface area contributed by atoms with Gasteiger partial charge in [-0.2, -0.15) is 0 Å². The highest BCUT2D eigenvalue weighted by molar-refractivity contribution is 6.26. The Bertz CT molecular complexity index is 2070. The normalized spacial score (nSPS) is 11.9. The van der Waals surface area contributed by atoms with Crippen LogP contribution in [0.1, 0.15) is 113 Å². The smallest absolute Gasteiger partial charge is 0.0791 e. The maximum Gasteiger partial charge on any atom is 0.0791 e. The Kier molecular flexibility index (Phi) is 10.7. The van der Waals surface area contributed by atoms with E-state index in [1.54, 1.807) is 11.1 Å². The Morgan fingerprint density at radius 3 is 1.24 bits per heavy atom. The number of benzene rings is 5. The Labute approximate surface area is 300 Å². The molecular formula is C48H56N2. The minimum atomic E-state index is 1.13. The summed E-state index contributed by atoms with van der Waals surface area (Å²) in [4.78, 5) is 0. The average Bonchev–Trinajstić information content (AvgIpc) is 3.65. The van der Waals surface area contributed by atoms with E-state index in [2.05, 4.69) is 134 Å². The highest BCUT2D eigenvalue weighted by Gasteiger charge is 2.27. The fraction of sp³-hybridized carbons (Fsp3) is 0.375. The summed E-state index contributed by atoms with van der Waals surface area (Å²) < 4.78 is 5.20. The molecule has 0 radical (unpaired) electrons. The zero-order valence-electron chi connectivity index (χ0n) is 31.0. The molecule has 258 valence electrons. The maximum atomic E-state index is 2.60. The maximum absolute atomic E-state index is 2.60. The summed E-state index contributed by atoms with van der Waals surface area (Å²) in [5, 5.41) is 5.72. The Morgan fingerprint density at radius 2 is 0.820 bits per heavy atom. The van der Waals surface area contributed by atoms with Gasteiger partial charge in [-0.3, -0.25) is 0 Å². The van der Waals surface area contributed by atoms with Crippen LogP contribution in [0.2, 0.25) is 0 Å². The fourth-order valence-electron chi connectivity index (χ4n) is 8.63. The van der Waals surface area contributed by atoms with E-state index >= 15 is 0 Å². The van der Waals surface area contributed by atoms with Gasteiger partial charge >= 0.3 is 0 Å². The van der Waals surface area contributed by atoms with Gasteiger partial charge in [-0.05, 0) is 98.2 Å². The lowest BCUT2D eigenvalue weighted by atomic mass is 9.88. The molecule has 0 atom stereocenters. The molecule has 0 fully saturated rings. The van der Waals surface area contributed by atoms with Crippen LogP contribution in [0.3, 0.4) is 0 Å². The third-order valence-electron chi connectivity index (χ3n) is 11.0. The molecular weight excluding hydrogens is 605 g/mol. The first-order valence-electron chi connectivity index (χ1n) is 19.8. The molecule has 0 saturated heterocycles. The lowest BCUT2D eigenvalue weighted by Gasteiger charge is -2.18. The molecule has 7 rings (SSSR count). The first-order chi connectivity index (χ1) is 24.6. The van der Waals surface area contributed by atoms with Crippen molar-refractivity contribution in [2.24, 2.45) is 0 Å². The molecule has 0 aliphatic carbocycles. The number of aromatic nitrogens is 2. The quantitative estimate of drug-likeness (QED) is 0.0913. The van der Waals surface area contributed by atoms with Gasteiger partial charge in [0.05, 0.1) is 22.1 Å². The van der Waals surface area contributed by atoms with Crippen LogP contribution in [0.4, 0.5) is 0 Å². The van der Waals surface area contributed by atoms with Gasteiger partial charge in [0.15, 0.2) is 0 Å². The van der Waals surface area contributed by atoms with Crippen molar-refractivity contribution >= 4 is 43.6 Å². The van der Waals surface area contributed by atoms with Crippen molar-refractivity contribution in [3.8, 4) is 11.4 Å². The van der Waals surface area contributed by atoms with E-state index in [1.165, 1.54) is 143 Å². The van der Waals surface area contributed by atoms with Gasteiger partial charge in [-0.1, -0.05) is 139 Å². The van der Waals surface area contributed by atoms with E-state index < -0.39 is 0 Å². The molecule has 0 amide bonds. The first-order valence-corrected chi connectivity index (χ1v) is 19.8. The lowest BCUT2D eigenvalue weighted by molar-refractivity contribution is 0.600. The van der Waals surface area contributed by atoms with Crippen molar-refractivity contribution in [3.63, 3.8) is 0 Å². The summed E-state index contributed by atoms with van der Waals surface area (Å²) in [6.45, 7) is 9.08. The minimum absolute atomic E-state index is 1.13. The van der Waals surface area contributed by atoms with Crippen LogP contribution in [0.5, 0.6) is 0 Å². The summed E-state index contributed by atoms with van der Waals surface area (Å²) >= 11 is 0. The predicted octanol–water partition coefficient (Wildman–Crippen LogP) is 14.3. The molecule has 2 aromatic heterocycles. The molecule has 0 saturated carbocycles. The van der Waals surface area contributed by atoms with E-state index in [0.717, 1.165) is 12.8 Å². The van der Waals surface area contributed by atoms with Gasteiger partial charge in [-0.15, -0.1) is 0 Å². The van der Waals surface area contributed by atoms with Crippen LogP contribution in [0.25, 0.3) is 55.0 Å². The summed E-state index contributed by atoms with van der Waals surface area (Å²) in [6, 6.07) is 36.7. The van der Waals surface area contributed by atoms with E-state index in [1.807, 2.05) is 0 Å². The van der Waals surface area contributed by atoms with Crippen LogP contribution in [-0.4, -0.2) is 9.13 Å². The molecule has 0 unspecified atom stereocenters. The number of aryl methyl sites for hydroxylation is 4. The average molecular weight is 661 g/mol. The van der Waals surface area contributed by atoms with Crippen LogP contribution in [0.15, 0.2) is 97.1 Å². The summed E-state index contributed by atoms with van der Waals surface area (Å²) in [6.07, 6.45) is 18.0. The van der Waals surface area contributed by atoms with Crippen molar-refractivity contribution < 1.29 is 0 Å². The van der Waals surface area contributed by atoms with Gasteiger partial charge in [0, 0.05) is 32.9 Å². The van der Waals surface area contributed by atoms with Crippen molar-refractivity contribution in [1.82, 2.24) is 9.13 Å².